The molecule has 4 aliphatic carbocycles. The molecule has 4 bridgehead atoms. The number of esters is 2. The average molecular weight is 555 g/mol. The van der Waals surface area contributed by atoms with Crippen molar-refractivity contribution < 1.29 is 41.1 Å². The summed E-state index contributed by atoms with van der Waals surface area (Å²) in [6.07, 6.45) is 1.61. The fraction of sp³-hybridized carbons (Fsp3) is 0.786. The smallest absolute Gasteiger partial charge is 0.333 e. The van der Waals surface area contributed by atoms with Gasteiger partial charge in [-0.3, -0.25) is 4.18 Å². The minimum Gasteiger partial charge on any atom is -0.454 e. The summed E-state index contributed by atoms with van der Waals surface area (Å²) in [5.74, 6) is -2.37. The number of fused-ring (bicyclic) bond motifs is 3. The summed E-state index contributed by atoms with van der Waals surface area (Å²) in [6.45, 7) is 15.7. The van der Waals surface area contributed by atoms with Gasteiger partial charge in [-0.25, -0.2) is 9.59 Å². The molecule has 9 nitrogen and oxygen atoms in total. The molecule has 0 aromatic rings. The minimum atomic E-state index is -4.01. The summed E-state index contributed by atoms with van der Waals surface area (Å²) in [4.78, 5) is 26.4. The van der Waals surface area contributed by atoms with Crippen molar-refractivity contribution in [3.8, 4) is 0 Å². The second-order valence-corrected chi connectivity index (χ2v) is 13.9. The standard InChI is InChI=1S/C28H42O9S/c1-10-15(3)24(29)35-20-22(36-25(30)16(4)11-2)26(6,7)19-18-17(5)14-28(33-12-13-34-28)21(19)27(18,8)23(20)37-38(9,31)32/h10-11,17-23H,12-14H2,1-9H3/b15-10-,16-11-/t17-,18+,19+,20-,21-,22-,23-,27-/m1/s1. The Hall–Kier alpha value is -1.75. The summed E-state index contributed by atoms with van der Waals surface area (Å²) in [6, 6.07) is 0. The first-order valence-electron chi connectivity index (χ1n) is 13.4. The number of carbonyl (C=O) groups is 2. The van der Waals surface area contributed by atoms with Crippen molar-refractivity contribution in [1.82, 2.24) is 0 Å². The quantitative estimate of drug-likeness (QED) is 0.275. The Morgan fingerprint density at radius 3 is 1.92 bits per heavy atom. The van der Waals surface area contributed by atoms with E-state index in [1.54, 1.807) is 39.8 Å². The van der Waals surface area contributed by atoms with E-state index in [0.717, 1.165) is 6.26 Å². The first kappa shape index (κ1) is 29.2. The maximum absolute atomic E-state index is 13.2. The number of rotatable bonds is 6. The fourth-order valence-electron chi connectivity index (χ4n) is 7.99. The Labute approximate surface area is 226 Å². The fourth-order valence-corrected chi connectivity index (χ4v) is 8.68. The molecule has 0 N–H and O–H groups in total. The van der Waals surface area contributed by atoms with Gasteiger partial charge >= 0.3 is 11.9 Å². The molecule has 0 aromatic carbocycles. The second-order valence-electron chi connectivity index (χ2n) is 12.3. The third kappa shape index (κ3) is 4.35. The van der Waals surface area contributed by atoms with Gasteiger partial charge in [-0.2, -0.15) is 8.42 Å². The maximum Gasteiger partial charge on any atom is 0.333 e. The van der Waals surface area contributed by atoms with E-state index >= 15 is 0 Å². The Morgan fingerprint density at radius 2 is 1.42 bits per heavy atom. The van der Waals surface area contributed by atoms with Gasteiger partial charge in [0, 0.05) is 34.3 Å². The lowest BCUT2D eigenvalue weighted by molar-refractivity contribution is -0.372. The zero-order valence-electron chi connectivity index (χ0n) is 23.9. The van der Waals surface area contributed by atoms with E-state index < -0.39 is 57.0 Å². The second kappa shape index (κ2) is 9.71. The molecule has 214 valence electrons. The van der Waals surface area contributed by atoms with E-state index in [2.05, 4.69) is 6.92 Å². The van der Waals surface area contributed by atoms with Gasteiger partial charge in [0.15, 0.2) is 11.9 Å². The van der Waals surface area contributed by atoms with Crippen molar-refractivity contribution in [3.05, 3.63) is 23.3 Å². The van der Waals surface area contributed by atoms with E-state index in [0.29, 0.717) is 30.8 Å². The molecule has 38 heavy (non-hydrogen) atoms. The third-order valence-electron chi connectivity index (χ3n) is 9.67. The van der Waals surface area contributed by atoms with Crippen molar-refractivity contribution >= 4 is 22.1 Å². The monoisotopic (exact) mass is 554 g/mol. The Bertz CT molecular complexity index is 1150. The van der Waals surface area contributed by atoms with Crippen molar-refractivity contribution in [3.63, 3.8) is 0 Å². The van der Waals surface area contributed by atoms with Crippen LogP contribution in [0.1, 0.15) is 61.8 Å². The van der Waals surface area contributed by atoms with Gasteiger partial charge in [-0.1, -0.05) is 39.8 Å². The molecule has 5 rings (SSSR count). The van der Waals surface area contributed by atoms with Crippen molar-refractivity contribution in [2.45, 2.75) is 85.9 Å². The van der Waals surface area contributed by atoms with Crippen LogP contribution in [0.25, 0.3) is 0 Å². The van der Waals surface area contributed by atoms with Crippen LogP contribution in [0.3, 0.4) is 0 Å². The molecule has 5 aliphatic rings. The Morgan fingerprint density at radius 1 is 0.895 bits per heavy atom. The highest BCUT2D eigenvalue weighted by Crippen LogP contribution is 2.77. The normalized spacial score (nSPS) is 39.8. The van der Waals surface area contributed by atoms with Crippen LogP contribution in [-0.2, 0) is 42.8 Å². The number of ether oxygens (including phenoxy) is 4. The largest absolute Gasteiger partial charge is 0.454 e. The molecule has 1 saturated heterocycles. The molecular weight excluding hydrogens is 512 g/mol. The SMILES string of the molecule is C/C=C(/C)C(=O)O[C@@H]1[C@@H](OC(=O)/C(C)=C\C)C(C)(C)[C@H]2[C@@H]3[C@H](C)CC4(OCCO4)[C@H]2[C@]3(C)[C@@H]1OS(C)(=O)=O. The van der Waals surface area contributed by atoms with E-state index in [1.165, 1.54) is 0 Å². The summed E-state index contributed by atoms with van der Waals surface area (Å²) in [5.41, 5.74) is -0.811. The van der Waals surface area contributed by atoms with E-state index in [-0.39, 0.29) is 23.7 Å². The van der Waals surface area contributed by atoms with Crippen molar-refractivity contribution in [2.75, 3.05) is 19.5 Å². The molecule has 0 radical (unpaired) electrons. The Kier molecular flexibility index (Phi) is 7.47. The predicted octanol–water partition coefficient (Wildman–Crippen LogP) is 3.78. The maximum atomic E-state index is 13.2. The van der Waals surface area contributed by atoms with Crippen LogP contribution in [0.2, 0.25) is 0 Å². The molecule has 0 amide bonds. The number of allylic oxidation sites excluding steroid dienone is 2. The predicted molar refractivity (Wildman–Crippen MR) is 139 cm³/mol. The summed E-state index contributed by atoms with van der Waals surface area (Å²) in [5, 5.41) is 0. The van der Waals surface area contributed by atoms with Crippen molar-refractivity contribution in [1.29, 1.82) is 0 Å². The summed E-state index contributed by atoms with van der Waals surface area (Å²) >= 11 is 0. The summed E-state index contributed by atoms with van der Waals surface area (Å²) in [7, 11) is -4.01. The number of carbonyl (C=O) groups excluding carboxylic acids is 2. The van der Waals surface area contributed by atoms with Gasteiger partial charge in [0.25, 0.3) is 10.1 Å². The molecule has 0 aromatic heterocycles. The van der Waals surface area contributed by atoms with Gasteiger partial charge in [0.2, 0.25) is 0 Å². The van der Waals surface area contributed by atoms with Gasteiger partial charge in [-0.05, 0) is 45.4 Å². The van der Waals surface area contributed by atoms with Gasteiger partial charge in [-0.15, -0.1) is 0 Å². The average Bonchev–Trinajstić information content (AvgIpc) is 3.24. The molecule has 4 saturated carbocycles. The molecule has 1 spiro atoms. The van der Waals surface area contributed by atoms with E-state index in [9.17, 15) is 18.0 Å². The van der Waals surface area contributed by atoms with Gasteiger partial charge in [0.05, 0.1) is 19.5 Å². The molecule has 1 heterocycles. The van der Waals surface area contributed by atoms with Crippen molar-refractivity contribution in [2.24, 2.45) is 34.5 Å². The number of hydrogen-bond acceptors (Lipinski definition) is 9. The zero-order valence-corrected chi connectivity index (χ0v) is 24.7. The van der Waals surface area contributed by atoms with Crippen LogP contribution >= 0.6 is 0 Å². The molecule has 10 heteroatoms. The molecule has 0 unspecified atom stereocenters. The highest BCUT2D eigenvalue weighted by Gasteiger charge is 2.82. The molecule has 5 fully saturated rings. The third-order valence-corrected chi connectivity index (χ3v) is 10.2. The van der Waals surface area contributed by atoms with Crippen LogP contribution in [-0.4, -0.2) is 63.9 Å². The van der Waals surface area contributed by atoms with Crippen LogP contribution in [0, 0.1) is 34.5 Å². The van der Waals surface area contributed by atoms with E-state index in [1.807, 2.05) is 20.8 Å². The van der Waals surface area contributed by atoms with Crippen LogP contribution < -0.4 is 0 Å². The Balaban J connectivity index is 1.95. The lowest BCUT2D eigenvalue weighted by Gasteiger charge is -2.73. The molecule has 1 aliphatic heterocycles. The first-order chi connectivity index (χ1) is 17.5. The minimum absolute atomic E-state index is 0.0109. The lowest BCUT2D eigenvalue weighted by Crippen LogP contribution is -2.76. The number of hydrogen-bond donors (Lipinski definition) is 0. The van der Waals surface area contributed by atoms with Crippen LogP contribution in [0.4, 0.5) is 0 Å². The highest BCUT2D eigenvalue weighted by molar-refractivity contribution is 7.86. The topological polar surface area (TPSA) is 114 Å². The van der Waals surface area contributed by atoms with Gasteiger partial charge < -0.3 is 18.9 Å². The first-order valence-corrected chi connectivity index (χ1v) is 15.2. The van der Waals surface area contributed by atoms with Gasteiger partial charge in [0.1, 0.15) is 12.2 Å². The van der Waals surface area contributed by atoms with Crippen LogP contribution in [0.5, 0.6) is 0 Å². The molecular formula is C28H42O9S. The summed E-state index contributed by atoms with van der Waals surface area (Å²) < 4.78 is 56.2. The lowest BCUT2D eigenvalue weighted by atomic mass is 9.34. The highest BCUT2D eigenvalue weighted by atomic mass is 32.2. The van der Waals surface area contributed by atoms with E-state index in [4.69, 9.17) is 23.1 Å². The zero-order chi connectivity index (χ0) is 28.4. The molecule has 8 atom stereocenters. The van der Waals surface area contributed by atoms with Crippen LogP contribution in [0.15, 0.2) is 23.3 Å².